The van der Waals surface area contributed by atoms with E-state index in [0.29, 0.717) is 48.6 Å². The van der Waals surface area contributed by atoms with E-state index in [2.05, 4.69) is 15.3 Å². The average Bonchev–Trinajstić information content (AvgIpc) is 3.05. The van der Waals surface area contributed by atoms with Crippen LogP contribution in [0.4, 0.5) is 11.4 Å². The van der Waals surface area contributed by atoms with Crippen LogP contribution in [0, 0.1) is 0 Å². The number of fused-ring (bicyclic) bond motifs is 3. The molecule has 1 N–H and O–H groups in total. The molecule has 0 radical (unpaired) electrons. The molecular formula is C24H29N5O3. The summed E-state index contributed by atoms with van der Waals surface area (Å²) in [6.45, 7) is 8.40. The summed E-state index contributed by atoms with van der Waals surface area (Å²) < 4.78 is 0. The SMILES string of the molecule is CC(C)(C)c1ncc(NC(=O)CCCN2C(=O)c3ccccc3N3C(=O)CCC23C)cn1. The van der Waals surface area contributed by atoms with Crippen molar-refractivity contribution in [2.45, 2.75) is 64.5 Å². The maximum Gasteiger partial charge on any atom is 0.257 e. The van der Waals surface area contributed by atoms with Gasteiger partial charge in [-0.3, -0.25) is 19.3 Å². The Morgan fingerprint density at radius 2 is 1.84 bits per heavy atom. The van der Waals surface area contributed by atoms with Crippen molar-refractivity contribution < 1.29 is 14.4 Å². The van der Waals surface area contributed by atoms with Gasteiger partial charge in [-0.05, 0) is 31.9 Å². The third kappa shape index (κ3) is 3.85. The summed E-state index contributed by atoms with van der Waals surface area (Å²) >= 11 is 0. The molecule has 2 aliphatic rings. The number of benzene rings is 1. The lowest BCUT2D eigenvalue weighted by Crippen LogP contribution is -2.62. The number of amides is 3. The third-order valence-electron chi connectivity index (χ3n) is 6.14. The van der Waals surface area contributed by atoms with Crippen LogP contribution in [0.5, 0.6) is 0 Å². The van der Waals surface area contributed by atoms with Crippen LogP contribution >= 0.6 is 0 Å². The molecule has 8 nitrogen and oxygen atoms in total. The zero-order valence-corrected chi connectivity index (χ0v) is 19.0. The van der Waals surface area contributed by atoms with Crippen LogP contribution in [-0.4, -0.2) is 44.8 Å². The lowest BCUT2D eigenvalue weighted by molar-refractivity contribution is -0.118. The zero-order chi connectivity index (χ0) is 23.1. The first-order valence-electron chi connectivity index (χ1n) is 11.0. The van der Waals surface area contributed by atoms with E-state index in [0.717, 1.165) is 0 Å². The van der Waals surface area contributed by atoms with Crippen LogP contribution in [-0.2, 0) is 15.0 Å². The molecule has 0 aliphatic carbocycles. The van der Waals surface area contributed by atoms with Gasteiger partial charge in [-0.15, -0.1) is 0 Å². The normalized spacial score (nSPS) is 20.2. The monoisotopic (exact) mass is 435 g/mol. The summed E-state index contributed by atoms with van der Waals surface area (Å²) in [7, 11) is 0. The fraction of sp³-hybridized carbons (Fsp3) is 0.458. The first kappa shape index (κ1) is 21.9. The largest absolute Gasteiger partial charge is 0.323 e. The summed E-state index contributed by atoms with van der Waals surface area (Å²) in [5.41, 5.74) is 0.894. The highest BCUT2D eigenvalue weighted by atomic mass is 16.2. The molecule has 0 bridgehead atoms. The number of nitrogens with one attached hydrogen (secondary N) is 1. The van der Waals surface area contributed by atoms with Crippen LogP contribution < -0.4 is 10.2 Å². The first-order valence-corrected chi connectivity index (χ1v) is 11.0. The number of nitrogens with zero attached hydrogens (tertiary/aromatic N) is 4. The predicted octanol–water partition coefficient (Wildman–Crippen LogP) is 3.49. The number of hydrogen-bond acceptors (Lipinski definition) is 5. The summed E-state index contributed by atoms with van der Waals surface area (Å²) in [5.74, 6) is 0.476. The Morgan fingerprint density at radius 1 is 1.16 bits per heavy atom. The lowest BCUT2D eigenvalue weighted by Gasteiger charge is -2.48. The number of carbonyl (C=O) groups is 3. The standard InChI is InChI=1S/C24H29N5O3/c1-23(2,3)22-25-14-16(15-26-22)27-19(30)10-7-13-28-21(32)17-8-5-6-9-18(17)29-20(31)11-12-24(28,29)4/h5-6,8-9,14-15H,7,10-13H2,1-4H3,(H,27,30). The molecule has 3 heterocycles. The maximum atomic E-state index is 13.2. The quantitative estimate of drug-likeness (QED) is 0.776. The van der Waals surface area contributed by atoms with E-state index in [9.17, 15) is 14.4 Å². The molecule has 2 aromatic rings. The van der Waals surface area contributed by atoms with E-state index >= 15 is 0 Å². The molecule has 3 amide bonds. The van der Waals surface area contributed by atoms with Gasteiger partial charge in [0.15, 0.2) is 0 Å². The van der Waals surface area contributed by atoms with Crippen molar-refractivity contribution in [2.24, 2.45) is 0 Å². The maximum absolute atomic E-state index is 13.2. The lowest BCUT2D eigenvalue weighted by atomic mass is 9.96. The van der Waals surface area contributed by atoms with Gasteiger partial charge < -0.3 is 10.2 Å². The van der Waals surface area contributed by atoms with E-state index in [1.165, 1.54) is 0 Å². The fourth-order valence-electron chi connectivity index (χ4n) is 4.44. The van der Waals surface area contributed by atoms with E-state index in [1.54, 1.807) is 34.3 Å². The Kier molecular flexibility index (Phi) is 5.48. The van der Waals surface area contributed by atoms with Crippen molar-refractivity contribution in [3.63, 3.8) is 0 Å². The van der Waals surface area contributed by atoms with Gasteiger partial charge in [0, 0.05) is 24.8 Å². The van der Waals surface area contributed by atoms with Crippen molar-refractivity contribution in [1.29, 1.82) is 0 Å². The Hall–Kier alpha value is -3.29. The van der Waals surface area contributed by atoms with Crippen LogP contribution in [0.2, 0.25) is 0 Å². The summed E-state index contributed by atoms with van der Waals surface area (Å²) in [5, 5.41) is 2.82. The molecule has 2 aliphatic heterocycles. The molecule has 1 saturated heterocycles. The Labute approximate surface area is 188 Å². The zero-order valence-electron chi connectivity index (χ0n) is 19.0. The molecule has 1 aromatic carbocycles. The minimum atomic E-state index is -0.699. The van der Waals surface area contributed by atoms with Crippen molar-refractivity contribution in [1.82, 2.24) is 14.9 Å². The van der Waals surface area contributed by atoms with Crippen molar-refractivity contribution in [3.05, 3.63) is 48.0 Å². The number of carbonyl (C=O) groups excluding carboxylic acids is 3. The number of rotatable bonds is 5. The van der Waals surface area contributed by atoms with Crippen molar-refractivity contribution >= 4 is 29.1 Å². The predicted molar refractivity (Wildman–Crippen MR) is 121 cm³/mol. The Morgan fingerprint density at radius 3 is 2.53 bits per heavy atom. The molecule has 1 fully saturated rings. The van der Waals surface area contributed by atoms with Gasteiger partial charge in [0.1, 0.15) is 11.5 Å². The van der Waals surface area contributed by atoms with Gasteiger partial charge in [0.05, 0.1) is 29.3 Å². The molecule has 0 spiro atoms. The van der Waals surface area contributed by atoms with Gasteiger partial charge in [0.2, 0.25) is 11.8 Å². The van der Waals surface area contributed by atoms with E-state index < -0.39 is 5.66 Å². The molecule has 4 rings (SSSR count). The molecule has 1 atom stereocenters. The topological polar surface area (TPSA) is 95.5 Å². The van der Waals surface area contributed by atoms with Crippen molar-refractivity contribution in [2.75, 3.05) is 16.8 Å². The molecule has 8 heteroatoms. The number of aromatic nitrogens is 2. The molecular weight excluding hydrogens is 406 g/mol. The number of para-hydroxylation sites is 1. The minimum absolute atomic E-state index is 0.0221. The Bertz CT molecular complexity index is 1060. The van der Waals surface area contributed by atoms with E-state index in [1.807, 2.05) is 39.8 Å². The van der Waals surface area contributed by atoms with Gasteiger partial charge >= 0.3 is 0 Å². The van der Waals surface area contributed by atoms with E-state index in [-0.39, 0.29) is 29.6 Å². The molecule has 168 valence electrons. The van der Waals surface area contributed by atoms with Crippen LogP contribution in [0.3, 0.4) is 0 Å². The molecule has 32 heavy (non-hydrogen) atoms. The first-order chi connectivity index (χ1) is 15.1. The second-order valence-corrected chi connectivity index (χ2v) is 9.62. The fourth-order valence-corrected chi connectivity index (χ4v) is 4.44. The van der Waals surface area contributed by atoms with Crippen LogP contribution in [0.15, 0.2) is 36.7 Å². The highest BCUT2D eigenvalue weighted by Crippen LogP contribution is 2.44. The number of anilines is 2. The van der Waals surface area contributed by atoms with Gasteiger partial charge in [0.25, 0.3) is 5.91 Å². The summed E-state index contributed by atoms with van der Waals surface area (Å²) in [6, 6.07) is 7.23. The highest BCUT2D eigenvalue weighted by Gasteiger charge is 2.52. The Balaban J connectivity index is 1.41. The molecule has 1 unspecified atom stereocenters. The number of hydrogen-bond donors (Lipinski definition) is 1. The van der Waals surface area contributed by atoms with Gasteiger partial charge in [-0.25, -0.2) is 9.97 Å². The molecule has 1 aromatic heterocycles. The average molecular weight is 436 g/mol. The van der Waals surface area contributed by atoms with E-state index in [4.69, 9.17) is 0 Å². The smallest absolute Gasteiger partial charge is 0.257 e. The summed E-state index contributed by atoms with van der Waals surface area (Å²) in [4.78, 5) is 50.4. The van der Waals surface area contributed by atoms with Gasteiger partial charge in [-0.1, -0.05) is 32.9 Å². The van der Waals surface area contributed by atoms with Gasteiger partial charge in [-0.2, -0.15) is 0 Å². The van der Waals surface area contributed by atoms with Crippen LogP contribution in [0.1, 0.15) is 69.6 Å². The minimum Gasteiger partial charge on any atom is -0.323 e. The second-order valence-electron chi connectivity index (χ2n) is 9.62. The second kappa shape index (κ2) is 8.00. The highest BCUT2D eigenvalue weighted by molar-refractivity contribution is 6.10. The molecule has 0 saturated carbocycles. The van der Waals surface area contributed by atoms with Crippen molar-refractivity contribution in [3.8, 4) is 0 Å². The third-order valence-corrected chi connectivity index (χ3v) is 6.14. The van der Waals surface area contributed by atoms with Crippen LogP contribution in [0.25, 0.3) is 0 Å². The summed E-state index contributed by atoms with van der Waals surface area (Å²) in [6.07, 6.45) is 4.93.